The lowest BCUT2D eigenvalue weighted by Crippen LogP contribution is -2.22. The minimum atomic E-state index is -0.00370. The van der Waals surface area contributed by atoms with E-state index >= 15 is 0 Å². The minimum Gasteiger partial charge on any atom is -0.379 e. The third-order valence-electron chi connectivity index (χ3n) is 4.63. The van der Waals surface area contributed by atoms with Crippen LogP contribution in [0.25, 0.3) is 0 Å². The van der Waals surface area contributed by atoms with Gasteiger partial charge in [-0.25, -0.2) is 0 Å². The van der Waals surface area contributed by atoms with E-state index in [0.29, 0.717) is 11.8 Å². The molecule has 1 rings (SSSR count). The summed E-state index contributed by atoms with van der Waals surface area (Å²) in [4.78, 5) is 11.9. The van der Waals surface area contributed by atoms with Gasteiger partial charge in [0.2, 0.25) is 5.12 Å². The van der Waals surface area contributed by atoms with Crippen molar-refractivity contribution in [3.63, 3.8) is 0 Å². The van der Waals surface area contributed by atoms with Crippen molar-refractivity contribution >= 4 is 16.9 Å². The fraction of sp³-hybridized carbons (Fsp3) is 0.762. The van der Waals surface area contributed by atoms with Crippen molar-refractivity contribution in [3.8, 4) is 0 Å². The maximum atomic E-state index is 11.9. The van der Waals surface area contributed by atoms with Crippen molar-refractivity contribution in [1.29, 1.82) is 0 Å². The van der Waals surface area contributed by atoms with E-state index in [0.717, 1.165) is 31.4 Å². The normalized spacial score (nSPS) is 18.3. The van der Waals surface area contributed by atoms with Crippen molar-refractivity contribution in [2.75, 3.05) is 12.9 Å². The molecule has 0 spiro atoms. The molecule has 24 heavy (non-hydrogen) atoms. The summed E-state index contributed by atoms with van der Waals surface area (Å²) in [5, 5.41) is 0.214. The van der Waals surface area contributed by atoms with Gasteiger partial charge in [-0.15, -0.1) is 0 Å². The minimum absolute atomic E-state index is 0.00370. The number of methoxy groups -OCH3 is 1. The number of ether oxygens (including phenoxy) is 1. The van der Waals surface area contributed by atoms with Crippen LogP contribution in [0.1, 0.15) is 73.1 Å². The van der Waals surface area contributed by atoms with E-state index in [1.54, 1.807) is 7.11 Å². The van der Waals surface area contributed by atoms with Gasteiger partial charge in [0.05, 0.1) is 5.60 Å². The molecule has 0 saturated heterocycles. The molecule has 0 aromatic rings. The van der Waals surface area contributed by atoms with Gasteiger partial charge in [0.25, 0.3) is 0 Å². The van der Waals surface area contributed by atoms with Gasteiger partial charge >= 0.3 is 0 Å². The molecule has 1 aliphatic carbocycles. The molecule has 0 aromatic carbocycles. The number of carbonyl (C=O) groups excluding carboxylic acids is 1. The van der Waals surface area contributed by atoms with Crippen LogP contribution in [-0.2, 0) is 9.53 Å². The van der Waals surface area contributed by atoms with Gasteiger partial charge in [0.15, 0.2) is 0 Å². The maximum absolute atomic E-state index is 11.9. The fourth-order valence-electron chi connectivity index (χ4n) is 2.96. The third kappa shape index (κ3) is 9.08. The first-order valence-electron chi connectivity index (χ1n) is 9.34. The Labute approximate surface area is 153 Å². The first-order valence-corrected chi connectivity index (χ1v) is 10.3. The molecule has 1 unspecified atom stereocenters. The topological polar surface area (TPSA) is 26.3 Å². The largest absolute Gasteiger partial charge is 0.379 e. The van der Waals surface area contributed by atoms with Crippen molar-refractivity contribution in [2.45, 2.75) is 78.7 Å². The number of hydrogen-bond donors (Lipinski definition) is 0. The molecule has 0 radical (unpaired) electrons. The van der Waals surface area contributed by atoms with Gasteiger partial charge < -0.3 is 4.74 Å². The van der Waals surface area contributed by atoms with E-state index in [4.69, 9.17) is 4.74 Å². The summed E-state index contributed by atoms with van der Waals surface area (Å²) in [6.07, 6.45) is 11.0. The lowest BCUT2D eigenvalue weighted by Gasteiger charge is -2.23. The van der Waals surface area contributed by atoms with Crippen molar-refractivity contribution < 1.29 is 9.53 Å². The average Bonchev–Trinajstić information content (AvgIpc) is 2.91. The number of rotatable bonds is 10. The molecule has 1 atom stereocenters. The molecular weight excluding hydrogens is 316 g/mol. The SMILES string of the molecule is COC(C)(C)CCCC(C)CC1=C/C(=C/C(=O)SCC(C)C)CC1. The molecule has 0 heterocycles. The molecular formula is C21H36O2S. The van der Waals surface area contributed by atoms with Crippen LogP contribution in [-0.4, -0.2) is 23.6 Å². The van der Waals surface area contributed by atoms with E-state index in [-0.39, 0.29) is 10.7 Å². The molecule has 3 heteroatoms. The summed E-state index contributed by atoms with van der Waals surface area (Å²) in [6.45, 7) is 10.9. The second-order valence-electron chi connectivity index (χ2n) is 8.21. The molecule has 0 N–H and O–H groups in total. The van der Waals surface area contributed by atoms with E-state index in [2.05, 4.69) is 40.7 Å². The summed E-state index contributed by atoms with van der Waals surface area (Å²) < 4.78 is 5.49. The van der Waals surface area contributed by atoms with Crippen LogP contribution in [0, 0.1) is 11.8 Å². The van der Waals surface area contributed by atoms with Crippen LogP contribution in [0.2, 0.25) is 0 Å². The highest BCUT2D eigenvalue weighted by Crippen LogP contribution is 2.31. The monoisotopic (exact) mass is 352 g/mol. The Morgan fingerprint density at radius 3 is 2.67 bits per heavy atom. The summed E-state index contributed by atoms with van der Waals surface area (Å²) in [7, 11) is 1.79. The highest BCUT2D eigenvalue weighted by Gasteiger charge is 2.17. The second kappa shape index (κ2) is 10.5. The first-order chi connectivity index (χ1) is 11.2. The van der Waals surface area contributed by atoms with Crippen molar-refractivity contribution in [3.05, 3.63) is 23.3 Å². The Bertz CT molecular complexity index is 460. The lowest BCUT2D eigenvalue weighted by atomic mass is 9.92. The van der Waals surface area contributed by atoms with E-state index in [1.165, 1.54) is 35.7 Å². The zero-order valence-electron chi connectivity index (χ0n) is 16.5. The molecule has 1 aliphatic rings. The smallest absolute Gasteiger partial charge is 0.212 e. The van der Waals surface area contributed by atoms with Crippen LogP contribution in [0.4, 0.5) is 0 Å². The second-order valence-corrected chi connectivity index (χ2v) is 9.24. The molecule has 0 aliphatic heterocycles. The quantitative estimate of drug-likeness (QED) is 0.440. The molecule has 0 aromatic heterocycles. The number of thioether (sulfide) groups is 1. The standard InChI is InChI=1S/C21H36O2S/c1-16(2)15-24-20(22)14-19-10-9-18(13-19)12-17(3)8-7-11-21(4,5)23-6/h13-14,16-17H,7-12,15H2,1-6H3/b19-14+. The maximum Gasteiger partial charge on any atom is 0.212 e. The van der Waals surface area contributed by atoms with Gasteiger partial charge in [-0.2, -0.15) is 0 Å². The average molecular weight is 353 g/mol. The third-order valence-corrected chi connectivity index (χ3v) is 5.86. The summed E-state index contributed by atoms with van der Waals surface area (Å²) in [5.41, 5.74) is 2.73. The van der Waals surface area contributed by atoms with Gasteiger partial charge in [0.1, 0.15) is 0 Å². The molecule has 0 saturated carbocycles. The van der Waals surface area contributed by atoms with E-state index in [1.807, 2.05) is 6.08 Å². The van der Waals surface area contributed by atoms with Crippen LogP contribution < -0.4 is 0 Å². The number of carbonyl (C=O) groups is 1. The number of allylic oxidation sites excluding steroid dienone is 3. The Morgan fingerprint density at radius 1 is 1.33 bits per heavy atom. The highest BCUT2D eigenvalue weighted by molar-refractivity contribution is 8.14. The zero-order chi connectivity index (χ0) is 18.2. The predicted molar refractivity (Wildman–Crippen MR) is 106 cm³/mol. The van der Waals surface area contributed by atoms with Crippen molar-refractivity contribution in [1.82, 2.24) is 0 Å². The molecule has 0 fully saturated rings. The summed E-state index contributed by atoms with van der Waals surface area (Å²) in [6, 6.07) is 0. The van der Waals surface area contributed by atoms with Gasteiger partial charge in [-0.05, 0) is 63.0 Å². The highest BCUT2D eigenvalue weighted by atomic mass is 32.2. The van der Waals surface area contributed by atoms with Crippen LogP contribution >= 0.6 is 11.8 Å². The summed E-state index contributed by atoms with van der Waals surface area (Å²) >= 11 is 1.45. The predicted octanol–water partition coefficient (Wildman–Crippen LogP) is 6.17. The van der Waals surface area contributed by atoms with Crippen LogP contribution in [0.3, 0.4) is 0 Å². The van der Waals surface area contributed by atoms with Gasteiger partial charge in [-0.3, -0.25) is 4.79 Å². The zero-order valence-corrected chi connectivity index (χ0v) is 17.3. The van der Waals surface area contributed by atoms with Crippen LogP contribution in [0.15, 0.2) is 23.3 Å². The van der Waals surface area contributed by atoms with E-state index < -0.39 is 0 Å². The summed E-state index contributed by atoms with van der Waals surface area (Å²) in [5.74, 6) is 2.18. The molecule has 0 bridgehead atoms. The molecule has 138 valence electrons. The Kier molecular flexibility index (Phi) is 9.36. The Hall–Kier alpha value is -0.540. The number of hydrogen-bond acceptors (Lipinski definition) is 3. The Morgan fingerprint density at radius 2 is 2.04 bits per heavy atom. The van der Waals surface area contributed by atoms with Gasteiger partial charge in [0, 0.05) is 12.9 Å². The molecule has 2 nitrogen and oxygen atoms in total. The van der Waals surface area contributed by atoms with Crippen molar-refractivity contribution in [2.24, 2.45) is 11.8 Å². The Balaban J connectivity index is 2.36. The fourth-order valence-corrected chi connectivity index (χ4v) is 3.69. The van der Waals surface area contributed by atoms with Crippen LogP contribution in [0.5, 0.6) is 0 Å². The van der Waals surface area contributed by atoms with E-state index in [9.17, 15) is 4.79 Å². The first kappa shape index (κ1) is 21.5. The lowest BCUT2D eigenvalue weighted by molar-refractivity contribution is -0.107. The molecule has 0 amide bonds. The van der Waals surface area contributed by atoms with Gasteiger partial charge in [-0.1, -0.05) is 57.0 Å².